The van der Waals surface area contributed by atoms with Gasteiger partial charge < -0.3 is 5.11 Å². The summed E-state index contributed by atoms with van der Waals surface area (Å²) >= 11 is 0. The second kappa shape index (κ2) is 14.4. The van der Waals surface area contributed by atoms with Crippen LogP contribution in [0.1, 0.15) is 66.0 Å². The van der Waals surface area contributed by atoms with E-state index in [0.29, 0.717) is 5.56 Å². The molecule has 0 heterocycles. The fraction of sp³-hybridized carbons (Fsp3) is 0.323. The lowest BCUT2D eigenvalue weighted by Crippen LogP contribution is -2.26. The molecular weight excluding hydrogens is 491 g/mol. The van der Waals surface area contributed by atoms with Crippen LogP contribution in [-0.4, -0.2) is 22.7 Å². The number of rotatable bonds is 12. The van der Waals surface area contributed by atoms with Gasteiger partial charge in [0.1, 0.15) is 0 Å². The van der Waals surface area contributed by atoms with Gasteiger partial charge >= 0.3 is 12.1 Å². The van der Waals surface area contributed by atoms with Gasteiger partial charge in [-0.25, -0.2) is 4.79 Å². The Hall–Kier alpha value is -3.60. The summed E-state index contributed by atoms with van der Waals surface area (Å²) < 4.78 is 38.7. The SMILES string of the molecule is CCCCCCc1ccc(C#Cc2ccccc2CN(Cc2ccc(C(F)(F)F)cc2)OCC(=O)O)cc1. The maximum atomic E-state index is 12.9. The summed E-state index contributed by atoms with van der Waals surface area (Å²) in [4.78, 5) is 16.6. The Morgan fingerprint density at radius 1 is 0.868 bits per heavy atom. The number of hydrogen-bond donors (Lipinski definition) is 1. The highest BCUT2D eigenvalue weighted by molar-refractivity contribution is 5.67. The number of halogens is 3. The van der Waals surface area contributed by atoms with E-state index in [1.54, 1.807) is 0 Å². The number of alkyl halides is 3. The predicted octanol–water partition coefficient (Wildman–Crippen LogP) is 7.25. The van der Waals surface area contributed by atoms with Crippen molar-refractivity contribution in [1.29, 1.82) is 0 Å². The lowest BCUT2D eigenvalue weighted by molar-refractivity contribution is -0.190. The second-order valence-corrected chi connectivity index (χ2v) is 9.07. The predicted molar refractivity (Wildman–Crippen MR) is 141 cm³/mol. The largest absolute Gasteiger partial charge is 0.479 e. The van der Waals surface area contributed by atoms with Gasteiger partial charge in [0.15, 0.2) is 6.61 Å². The number of aliphatic carboxylic acids is 1. The molecule has 0 aliphatic rings. The number of unbranched alkanes of at least 4 members (excludes halogenated alkanes) is 3. The standard InChI is InChI=1S/C31H32F3NO3/c1-2-3-4-5-8-24-11-13-25(14-12-24)15-18-27-9-6-7-10-28(27)22-35(38-23-30(36)37)21-26-16-19-29(20-17-26)31(32,33)34/h6-7,9-14,16-17,19-20H,2-5,8,21-23H2,1H3,(H,36,37). The van der Waals surface area contributed by atoms with E-state index < -0.39 is 24.3 Å². The maximum Gasteiger partial charge on any atom is 0.416 e. The van der Waals surface area contributed by atoms with Crippen LogP contribution in [0.3, 0.4) is 0 Å². The van der Waals surface area contributed by atoms with Gasteiger partial charge in [0.2, 0.25) is 0 Å². The van der Waals surface area contributed by atoms with Gasteiger partial charge in [-0.15, -0.1) is 0 Å². The molecule has 3 aromatic rings. The van der Waals surface area contributed by atoms with Gasteiger partial charge in [-0.05, 0) is 59.9 Å². The Kier molecular flexibility index (Phi) is 11.0. The second-order valence-electron chi connectivity index (χ2n) is 9.07. The third-order valence-electron chi connectivity index (χ3n) is 5.99. The number of carboxylic acid groups (broad SMARTS) is 1. The number of benzene rings is 3. The molecule has 0 amide bonds. The first-order valence-corrected chi connectivity index (χ1v) is 12.7. The summed E-state index contributed by atoms with van der Waals surface area (Å²) in [6.45, 7) is 1.94. The Morgan fingerprint density at radius 3 is 2.21 bits per heavy atom. The molecular formula is C31H32F3NO3. The summed E-state index contributed by atoms with van der Waals surface area (Å²) in [6.07, 6.45) is 1.52. The minimum absolute atomic E-state index is 0.104. The highest BCUT2D eigenvalue weighted by Crippen LogP contribution is 2.29. The smallest absolute Gasteiger partial charge is 0.416 e. The molecule has 3 aromatic carbocycles. The van der Waals surface area contributed by atoms with Gasteiger partial charge in [0.05, 0.1) is 12.1 Å². The van der Waals surface area contributed by atoms with E-state index in [-0.39, 0.29) is 13.1 Å². The van der Waals surface area contributed by atoms with Crippen LogP contribution in [0.2, 0.25) is 0 Å². The van der Waals surface area contributed by atoms with Crippen molar-refractivity contribution in [3.63, 3.8) is 0 Å². The molecule has 0 fully saturated rings. The molecule has 1 N–H and O–H groups in total. The minimum Gasteiger partial charge on any atom is -0.479 e. The summed E-state index contributed by atoms with van der Waals surface area (Å²) in [6, 6.07) is 20.4. The van der Waals surface area contributed by atoms with Crippen LogP contribution in [-0.2, 0) is 35.3 Å². The summed E-state index contributed by atoms with van der Waals surface area (Å²) in [5.74, 6) is 5.23. The number of carbonyl (C=O) groups is 1. The average molecular weight is 524 g/mol. The van der Waals surface area contributed by atoms with Crippen LogP contribution in [0.5, 0.6) is 0 Å². The highest BCUT2D eigenvalue weighted by Gasteiger charge is 2.30. The van der Waals surface area contributed by atoms with E-state index >= 15 is 0 Å². The third kappa shape index (κ3) is 9.70. The van der Waals surface area contributed by atoms with Crippen molar-refractivity contribution in [2.45, 2.75) is 58.3 Å². The van der Waals surface area contributed by atoms with E-state index in [4.69, 9.17) is 9.94 Å². The van der Waals surface area contributed by atoms with Gasteiger partial charge in [-0.1, -0.05) is 80.5 Å². The Morgan fingerprint density at radius 2 is 1.55 bits per heavy atom. The fourth-order valence-electron chi connectivity index (χ4n) is 3.92. The first-order valence-electron chi connectivity index (χ1n) is 12.7. The van der Waals surface area contributed by atoms with E-state index in [1.807, 2.05) is 36.4 Å². The van der Waals surface area contributed by atoms with Crippen LogP contribution in [0.25, 0.3) is 0 Å². The molecule has 0 atom stereocenters. The van der Waals surface area contributed by atoms with Crippen molar-refractivity contribution in [1.82, 2.24) is 5.06 Å². The normalized spacial score (nSPS) is 11.3. The molecule has 38 heavy (non-hydrogen) atoms. The number of aryl methyl sites for hydroxylation is 1. The fourth-order valence-corrected chi connectivity index (χ4v) is 3.92. The first kappa shape index (κ1) is 29.0. The molecule has 7 heteroatoms. The van der Waals surface area contributed by atoms with E-state index in [9.17, 15) is 18.0 Å². The zero-order valence-corrected chi connectivity index (χ0v) is 21.4. The third-order valence-corrected chi connectivity index (χ3v) is 5.99. The molecule has 0 radical (unpaired) electrons. The van der Waals surface area contributed by atoms with E-state index in [2.05, 4.69) is 30.9 Å². The zero-order valence-electron chi connectivity index (χ0n) is 21.4. The topological polar surface area (TPSA) is 49.8 Å². The molecule has 0 saturated heterocycles. The molecule has 0 spiro atoms. The Labute approximate surface area is 222 Å². The average Bonchev–Trinajstić information content (AvgIpc) is 2.90. The first-order chi connectivity index (χ1) is 18.2. The van der Waals surface area contributed by atoms with Crippen molar-refractivity contribution in [2.75, 3.05) is 6.61 Å². The van der Waals surface area contributed by atoms with Crippen molar-refractivity contribution in [3.05, 3.63) is 106 Å². The maximum absolute atomic E-state index is 12.9. The number of hydrogen-bond acceptors (Lipinski definition) is 3. The van der Waals surface area contributed by atoms with Crippen LogP contribution < -0.4 is 0 Å². The Balaban J connectivity index is 1.72. The minimum atomic E-state index is -4.43. The van der Waals surface area contributed by atoms with Crippen LogP contribution in [0, 0.1) is 11.8 Å². The van der Waals surface area contributed by atoms with E-state index in [1.165, 1.54) is 48.4 Å². The molecule has 3 rings (SSSR count). The molecule has 0 aliphatic carbocycles. The summed E-state index contributed by atoms with van der Waals surface area (Å²) in [7, 11) is 0. The lowest BCUT2D eigenvalue weighted by atomic mass is 10.0. The van der Waals surface area contributed by atoms with Gasteiger partial charge in [-0.2, -0.15) is 18.2 Å². The molecule has 0 aliphatic heterocycles. The molecule has 4 nitrogen and oxygen atoms in total. The van der Waals surface area contributed by atoms with Gasteiger partial charge in [-0.3, -0.25) is 4.84 Å². The number of nitrogens with zero attached hydrogens (tertiary/aromatic N) is 1. The van der Waals surface area contributed by atoms with Crippen LogP contribution in [0.4, 0.5) is 13.2 Å². The highest BCUT2D eigenvalue weighted by atomic mass is 19.4. The van der Waals surface area contributed by atoms with E-state index in [0.717, 1.165) is 35.2 Å². The number of hydroxylamine groups is 2. The monoisotopic (exact) mass is 523 g/mol. The molecule has 0 saturated carbocycles. The molecule has 0 unspecified atom stereocenters. The zero-order chi connectivity index (χ0) is 27.4. The van der Waals surface area contributed by atoms with Crippen LogP contribution in [0.15, 0.2) is 72.8 Å². The van der Waals surface area contributed by atoms with Gasteiger partial charge in [0, 0.05) is 17.7 Å². The lowest BCUT2D eigenvalue weighted by Gasteiger charge is -2.22. The molecule has 0 aromatic heterocycles. The van der Waals surface area contributed by atoms with Crippen molar-refractivity contribution in [3.8, 4) is 11.8 Å². The van der Waals surface area contributed by atoms with Crippen LogP contribution >= 0.6 is 0 Å². The summed E-state index contributed by atoms with van der Waals surface area (Å²) in [5.41, 5.74) is 3.56. The van der Waals surface area contributed by atoms with Crippen molar-refractivity contribution in [2.24, 2.45) is 0 Å². The van der Waals surface area contributed by atoms with Gasteiger partial charge in [0.25, 0.3) is 0 Å². The number of carboxylic acids is 1. The van der Waals surface area contributed by atoms with Crippen molar-refractivity contribution >= 4 is 5.97 Å². The quantitative estimate of drug-likeness (QED) is 0.154. The molecule has 0 bridgehead atoms. The van der Waals surface area contributed by atoms with Crippen molar-refractivity contribution < 1.29 is 27.9 Å². The Bertz CT molecular complexity index is 1230. The summed E-state index contributed by atoms with van der Waals surface area (Å²) in [5, 5.41) is 10.5. The molecule has 200 valence electrons.